The number of halogens is 1. The first-order valence-electron chi connectivity index (χ1n) is 9.67. The van der Waals surface area contributed by atoms with Gasteiger partial charge in [0.2, 0.25) is 11.8 Å². The molecule has 0 aliphatic carbocycles. The molecule has 1 aliphatic rings. The Balaban J connectivity index is 1.51. The number of fused-ring (bicyclic) bond motifs is 1. The van der Waals surface area contributed by atoms with E-state index in [1.54, 1.807) is 12.1 Å². The normalized spacial score (nSPS) is 14.7. The Morgan fingerprint density at radius 3 is 2.79 bits per heavy atom. The third kappa shape index (κ3) is 5.70. The SMILES string of the molecule is CCOc1cc2c(cc1CNC(=O)CNC(=O)Cc1cccc(F)c1)O[C@@H](C)C2. The average molecular weight is 400 g/mol. The molecule has 0 unspecified atom stereocenters. The van der Waals surface area contributed by atoms with Crippen LogP contribution in [0.5, 0.6) is 11.5 Å². The molecule has 1 heterocycles. The van der Waals surface area contributed by atoms with Gasteiger partial charge in [0.1, 0.15) is 23.4 Å². The Morgan fingerprint density at radius 1 is 1.21 bits per heavy atom. The molecule has 3 rings (SSSR count). The quantitative estimate of drug-likeness (QED) is 0.714. The predicted octanol–water partition coefficient (Wildman–Crippen LogP) is 2.52. The summed E-state index contributed by atoms with van der Waals surface area (Å²) in [6.07, 6.45) is 0.969. The third-order valence-corrected chi connectivity index (χ3v) is 4.55. The maximum absolute atomic E-state index is 13.2. The Morgan fingerprint density at radius 2 is 2.03 bits per heavy atom. The van der Waals surface area contributed by atoms with E-state index < -0.39 is 5.82 Å². The van der Waals surface area contributed by atoms with Gasteiger partial charge in [-0.1, -0.05) is 12.1 Å². The van der Waals surface area contributed by atoms with Crippen LogP contribution in [0, 0.1) is 5.82 Å². The molecule has 2 aromatic carbocycles. The molecule has 0 saturated heterocycles. The second-order valence-corrected chi connectivity index (χ2v) is 6.99. The van der Waals surface area contributed by atoms with E-state index in [0.717, 1.165) is 29.0 Å². The Labute approximate surface area is 169 Å². The molecule has 154 valence electrons. The van der Waals surface area contributed by atoms with Crippen LogP contribution in [0.25, 0.3) is 0 Å². The Hall–Kier alpha value is -3.09. The fourth-order valence-electron chi connectivity index (χ4n) is 3.24. The number of hydrogen-bond acceptors (Lipinski definition) is 4. The summed E-state index contributed by atoms with van der Waals surface area (Å²) in [5.41, 5.74) is 2.47. The van der Waals surface area contributed by atoms with Gasteiger partial charge in [-0.25, -0.2) is 4.39 Å². The van der Waals surface area contributed by atoms with Crippen LogP contribution in [0.3, 0.4) is 0 Å². The van der Waals surface area contributed by atoms with E-state index in [2.05, 4.69) is 10.6 Å². The fourth-order valence-corrected chi connectivity index (χ4v) is 3.24. The van der Waals surface area contributed by atoms with Crippen molar-refractivity contribution in [3.63, 3.8) is 0 Å². The van der Waals surface area contributed by atoms with E-state index in [4.69, 9.17) is 9.47 Å². The number of nitrogens with one attached hydrogen (secondary N) is 2. The minimum absolute atomic E-state index is 0.0138. The van der Waals surface area contributed by atoms with Crippen molar-refractivity contribution in [2.75, 3.05) is 13.2 Å². The maximum Gasteiger partial charge on any atom is 0.239 e. The van der Waals surface area contributed by atoms with Crippen molar-refractivity contribution in [3.05, 3.63) is 58.9 Å². The lowest BCUT2D eigenvalue weighted by molar-refractivity contribution is -0.125. The van der Waals surface area contributed by atoms with Gasteiger partial charge >= 0.3 is 0 Å². The number of benzene rings is 2. The van der Waals surface area contributed by atoms with Crippen LogP contribution in [-0.4, -0.2) is 31.1 Å². The molecule has 6 nitrogen and oxygen atoms in total. The van der Waals surface area contributed by atoms with Crippen molar-refractivity contribution in [2.45, 2.75) is 39.3 Å². The number of carbonyl (C=O) groups is 2. The van der Waals surface area contributed by atoms with Gasteiger partial charge in [-0.2, -0.15) is 0 Å². The minimum atomic E-state index is -0.397. The molecule has 1 atom stereocenters. The number of amides is 2. The topological polar surface area (TPSA) is 76.7 Å². The highest BCUT2D eigenvalue weighted by Crippen LogP contribution is 2.35. The summed E-state index contributed by atoms with van der Waals surface area (Å²) < 4.78 is 24.6. The third-order valence-electron chi connectivity index (χ3n) is 4.55. The molecule has 29 heavy (non-hydrogen) atoms. The van der Waals surface area contributed by atoms with Gasteiger partial charge in [0.05, 0.1) is 19.6 Å². The van der Waals surface area contributed by atoms with Crippen molar-refractivity contribution in [2.24, 2.45) is 0 Å². The van der Waals surface area contributed by atoms with Gasteiger partial charge < -0.3 is 20.1 Å². The molecule has 1 aliphatic heterocycles. The molecule has 0 radical (unpaired) electrons. The van der Waals surface area contributed by atoms with Crippen molar-refractivity contribution < 1.29 is 23.5 Å². The van der Waals surface area contributed by atoms with Crippen LogP contribution >= 0.6 is 0 Å². The highest BCUT2D eigenvalue weighted by molar-refractivity contribution is 5.85. The molecule has 0 spiro atoms. The molecule has 2 N–H and O–H groups in total. The van der Waals surface area contributed by atoms with Gasteiger partial charge in [-0.15, -0.1) is 0 Å². The molecule has 7 heteroatoms. The van der Waals surface area contributed by atoms with Crippen molar-refractivity contribution in [3.8, 4) is 11.5 Å². The van der Waals surface area contributed by atoms with E-state index in [1.165, 1.54) is 12.1 Å². The lowest BCUT2D eigenvalue weighted by Crippen LogP contribution is -2.37. The summed E-state index contributed by atoms with van der Waals surface area (Å²) >= 11 is 0. The van der Waals surface area contributed by atoms with E-state index in [1.807, 2.05) is 26.0 Å². The van der Waals surface area contributed by atoms with E-state index >= 15 is 0 Å². The first-order valence-corrected chi connectivity index (χ1v) is 9.67. The summed E-state index contributed by atoms with van der Waals surface area (Å²) in [6, 6.07) is 9.68. The van der Waals surface area contributed by atoms with Crippen LogP contribution in [0.15, 0.2) is 36.4 Å². The molecule has 0 bridgehead atoms. The summed E-state index contributed by atoms with van der Waals surface area (Å²) in [5.74, 6) is 0.467. The first-order chi connectivity index (χ1) is 13.9. The number of carbonyl (C=O) groups excluding carboxylic acids is 2. The van der Waals surface area contributed by atoms with Gasteiger partial charge in [0.15, 0.2) is 0 Å². The number of hydrogen-bond donors (Lipinski definition) is 2. The summed E-state index contributed by atoms with van der Waals surface area (Å²) in [5, 5.41) is 5.32. The standard InChI is InChI=1S/C22H25FN2O4/c1-3-28-19-10-16-7-14(2)29-20(16)11-17(19)12-24-22(27)13-25-21(26)9-15-5-4-6-18(23)8-15/h4-6,8,10-11,14H,3,7,9,12-13H2,1-2H3,(H,24,27)(H,25,26)/t14-/m0/s1. The largest absolute Gasteiger partial charge is 0.494 e. The zero-order chi connectivity index (χ0) is 20.8. The van der Waals surface area contributed by atoms with Gasteiger partial charge in [0.25, 0.3) is 0 Å². The predicted molar refractivity (Wildman–Crippen MR) is 106 cm³/mol. The lowest BCUT2D eigenvalue weighted by Gasteiger charge is -2.13. The molecule has 2 aromatic rings. The van der Waals surface area contributed by atoms with Crippen molar-refractivity contribution >= 4 is 11.8 Å². The van der Waals surface area contributed by atoms with Crippen LogP contribution < -0.4 is 20.1 Å². The number of ether oxygens (including phenoxy) is 2. The van der Waals surface area contributed by atoms with Crippen LogP contribution in [0.2, 0.25) is 0 Å². The van der Waals surface area contributed by atoms with Gasteiger partial charge in [-0.3, -0.25) is 9.59 Å². The van der Waals surface area contributed by atoms with Crippen LogP contribution in [-0.2, 0) is 29.0 Å². The van der Waals surface area contributed by atoms with Gasteiger partial charge in [0, 0.05) is 24.1 Å². The number of rotatable bonds is 8. The second-order valence-electron chi connectivity index (χ2n) is 6.99. The monoisotopic (exact) mass is 400 g/mol. The highest BCUT2D eigenvalue weighted by Gasteiger charge is 2.22. The molecule has 0 aromatic heterocycles. The second kappa shape index (κ2) is 9.41. The fraction of sp³-hybridized carbons (Fsp3) is 0.364. The molecule has 2 amide bonds. The average Bonchev–Trinajstić information content (AvgIpc) is 3.03. The zero-order valence-corrected chi connectivity index (χ0v) is 16.6. The van der Waals surface area contributed by atoms with E-state index in [0.29, 0.717) is 12.2 Å². The lowest BCUT2D eigenvalue weighted by atomic mass is 10.1. The Kier molecular flexibility index (Phi) is 6.69. The van der Waals surface area contributed by atoms with Crippen molar-refractivity contribution in [1.29, 1.82) is 0 Å². The van der Waals surface area contributed by atoms with E-state index in [9.17, 15) is 14.0 Å². The first kappa shape index (κ1) is 20.6. The highest BCUT2D eigenvalue weighted by atomic mass is 19.1. The smallest absolute Gasteiger partial charge is 0.239 e. The molecule has 0 fully saturated rings. The summed E-state index contributed by atoms with van der Waals surface area (Å²) in [4.78, 5) is 24.1. The minimum Gasteiger partial charge on any atom is -0.494 e. The summed E-state index contributed by atoms with van der Waals surface area (Å²) in [6.45, 7) is 4.54. The van der Waals surface area contributed by atoms with Crippen LogP contribution in [0.1, 0.15) is 30.5 Å². The molecular formula is C22H25FN2O4. The van der Waals surface area contributed by atoms with Gasteiger partial charge in [-0.05, 0) is 43.7 Å². The van der Waals surface area contributed by atoms with Crippen molar-refractivity contribution in [1.82, 2.24) is 10.6 Å². The maximum atomic E-state index is 13.2. The zero-order valence-electron chi connectivity index (χ0n) is 16.6. The Bertz CT molecular complexity index is 900. The van der Waals surface area contributed by atoms with Crippen LogP contribution in [0.4, 0.5) is 4.39 Å². The molecular weight excluding hydrogens is 375 g/mol. The van der Waals surface area contributed by atoms with E-state index in [-0.39, 0.29) is 37.4 Å². The summed E-state index contributed by atoms with van der Waals surface area (Å²) in [7, 11) is 0. The molecule has 0 saturated carbocycles.